The lowest BCUT2D eigenvalue weighted by Crippen LogP contribution is -2.28. The van der Waals surface area contributed by atoms with E-state index in [0.29, 0.717) is 21.5 Å². The van der Waals surface area contributed by atoms with Gasteiger partial charge in [-0.1, -0.05) is 29.8 Å². The fraction of sp³-hybridized carbons (Fsp3) is 0.167. The van der Waals surface area contributed by atoms with Crippen LogP contribution in [0.5, 0.6) is 0 Å². The zero-order chi connectivity index (χ0) is 17.3. The van der Waals surface area contributed by atoms with Crippen LogP contribution in [-0.4, -0.2) is 15.7 Å². The summed E-state index contributed by atoms with van der Waals surface area (Å²) in [5, 5.41) is 8.66. The van der Waals surface area contributed by atoms with Crippen molar-refractivity contribution < 1.29 is 4.79 Å². The van der Waals surface area contributed by atoms with Gasteiger partial charge in [-0.2, -0.15) is 5.10 Å². The van der Waals surface area contributed by atoms with E-state index in [1.165, 1.54) is 4.68 Å². The fourth-order valence-electron chi connectivity index (χ4n) is 2.45. The van der Waals surface area contributed by atoms with Gasteiger partial charge in [0.2, 0.25) is 0 Å². The van der Waals surface area contributed by atoms with Gasteiger partial charge in [-0.25, -0.2) is 4.68 Å². The molecule has 1 aromatic heterocycles. The Kier molecular flexibility index (Phi) is 4.36. The highest BCUT2D eigenvalue weighted by atomic mass is 35.5. The van der Waals surface area contributed by atoms with Crippen molar-refractivity contribution in [3.05, 3.63) is 69.6 Å². The zero-order valence-corrected chi connectivity index (χ0v) is 14.0. The highest BCUT2D eigenvalue weighted by molar-refractivity contribution is 6.30. The molecule has 5 nitrogen and oxygen atoms in total. The number of aromatic nitrogens is 2. The molecule has 0 atom stereocenters. The number of carbonyl (C=O) groups is 1. The molecule has 122 valence electrons. The van der Waals surface area contributed by atoms with Crippen molar-refractivity contribution in [1.29, 1.82) is 0 Å². The van der Waals surface area contributed by atoms with Crippen LogP contribution < -0.4 is 10.9 Å². The van der Waals surface area contributed by atoms with E-state index in [9.17, 15) is 9.59 Å². The van der Waals surface area contributed by atoms with Crippen molar-refractivity contribution in [2.24, 2.45) is 0 Å². The van der Waals surface area contributed by atoms with E-state index in [0.717, 1.165) is 0 Å². The van der Waals surface area contributed by atoms with Crippen molar-refractivity contribution in [3.63, 3.8) is 0 Å². The van der Waals surface area contributed by atoms with Gasteiger partial charge in [-0.05, 0) is 44.2 Å². The number of hydrogen-bond donors (Lipinski definition) is 1. The third-order valence-electron chi connectivity index (χ3n) is 3.63. The molecule has 2 aromatic carbocycles. The molecule has 0 radical (unpaired) electrons. The predicted octanol–water partition coefficient (Wildman–Crippen LogP) is 3.88. The van der Waals surface area contributed by atoms with Gasteiger partial charge >= 0.3 is 0 Å². The van der Waals surface area contributed by atoms with Gasteiger partial charge in [0, 0.05) is 16.1 Å². The number of carbonyl (C=O) groups excluding carboxylic acids is 1. The van der Waals surface area contributed by atoms with E-state index in [1.54, 1.807) is 48.5 Å². The molecule has 1 amide bonds. The highest BCUT2D eigenvalue weighted by Gasteiger charge is 2.17. The SMILES string of the molecule is CC(C)n1nc(C(=O)Nc2ccc(Cl)cc2)c2ccccc2c1=O. The summed E-state index contributed by atoms with van der Waals surface area (Å²) in [7, 11) is 0. The minimum absolute atomic E-state index is 0.149. The fourth-order valence-corrected chi connectivity index (χ4v) is 2.57. The summed E-state index contributed by atoms with van der Waals surface area (Å²) in [6.45, 7) is 3.70. The molecule has 0 unspecified atom stereocenters. The average Bonchev–Trinajstić information content (AvgIpc) is 2.57. The van der Waals surface area contributed by atoms with Crippen molar-refractivity contribution in [2.45, 2.75) is 19.9 Å². The van der Waals surface area contributed by atoms with E-state index >= 15 is 0 Å². The van der Waals surface area contributed by atoms with Crippen LogP contribution in [0, 0.1) is 0 Å². The first-order valence-electron chi connectivity index (χ1n) is 7.56. The Morgan fingerprint density at radius 1 is 1.08 bits per heavy atom. The molecule has 0 bridgehead atoms. The Bertz CT molecular complexity index is 962. The lowest BCUT2D eigenvalue weighted by Gasteiger charge is -2.13. The highest BCUT2D eigenvalue weighted by Crippen LogP contribution is 2.18. The summed E-state index contributed by atoms with van der Waals surface area (Å²) in [4.78, 5) is 25.2. The van der Waals surface area contributed by atoms with Crippen molar-refractivity contribution in [1.82, 2.24) is 9.78 Å². The molecule has 3 aromatic rings. The van der Waals surface area contributed by atoms with Gasteiger partial charge in [-0.15, -0.1) is 0 Å². The molecule has 0 aliphatic carbocycles. The first-order chi connectivity index (χ1) is 11.5. The maximum Gasteiger partial charge on any atom is 0.276 e. The molecule has 0 aliphatic heterocycles. The number of amides is 1. The lowest BCUT2D eigenvalue weighted by molar-refractivity contribution is 0.102. The average molecular weight is 342 g/mol. The Hall–Kier alpha value is -2.66. The van der Waals surface area contributed by atoms with Crippen LogP contribution in [0.2, 0.25) is 5.02 Å². The molecule has 0 fully saturated rings. The van der Waals surface area contributed by atoms with Crippen LogP contribution in [0.4, 0.5) is 5.69 Å². The van der Waals surface area contributed by atoms with Crippen LogP contribution in [0.25, 0.3) is 10.8 Å². The number of benzene rings is 2. The summed E-state index contributed by atoms with van der Waals surface area (Å²) in [6, 6.07) is 13.6. The predicted molar refractivity (Wildman–Crippen MR) is 95.8 cm³/mol. The van der Waals surface area contributed by atoms with E-state index < -0.39 is 0 Å². The number of nitrogens with one attached hydrogen (secondary N) is 1. The van der Waals surface area contributed by atoms with E-state index in [1.807, 2.05) is 13.8 Å². The first-order valence-corrected chi connectivity index (χ1v) is 7.93. The Balaban J connectivity index is 2.10. The molecule has 24 heavy (non-hydrogen) atoms. The maximum atomic E-state index is 12.7. The second-order valence-corrected chi connectivity index (χ2v) is 6.14. The maximum absolute atomic E-state index is 12.7. The Morgan fingerprint density at radius 2 is 1.71 bits per heavy atom. The standard InChI is InChI=1S/C18H16ClN3O2/c1-11(2)22-18(24)15-6-4-3-5-14(15)16(21-22)17(23)20-13-9-7-12(19)8-10-13/h3-11H,1-2H3,(H,20,23). The minimum atomic E-state index is -0.372. The number of nitrogens with zero attached hydrogens (tertiary/aromatic N) is 2. The van der Waals surface area contributed by atoms with E-state index in [-0.39, 0.29) is 23.2 Å². The molecular formula is C18H16ClN3O2. The lowest BCUT2D eigenvalue weighted by atomic mass is 10.1. The molecule has 0 spiro atoms. The van der Waals surface area contributed by atoms with Gasteiger partial charge in [-0.3, -0.25) is 9.59 Å². The summed E-state index contributed by atoms with van der Waals surface area (Å²) in [5.41, 5.74) is 0.620. The van der Waals surface area contributed by atoms with Gasteiger partial charge in [0.05, 0.1) is 11.4 Å². The second kappa shape index (κ2) is 6.45. The van der Waals surface area contributed by atoms with Crippen LogP contribution in [0.3, 0.4) is 0 Å². The Morgan fingerprint density at radius 3 is 2.33 bits per heavy atom. The molecule has 6 heteroatoms. The van der Waals surface area contributed by atoms with Crippen LogP contribution >= 0.6 is 11.6 Å². The third kappa shape index (κ3) is 3.03. The van der Waals surface area contributed by atoms with Gasteiger partial charge in [0.1, 0.15) is 0 Å². The molecule has 0 saturated heterocycles. The molecule has 0 aliphatic rings. The summed E-state index contributed by atoms with van der Waals surface area (Å²) >= 11 is 5.85. The van der Waals surface area contributed by atoms with Crippen LogP contribution in [0.1, 0.15) is 30.4 Å². The van der Waals surface area contributed by atoms with Crippen molar-refractivity contribution >= 4 is 34.0 Å². The monoisotopic (exact) mass is 341 g/mol. The topological polar surface area (TPSA) is 64.0 Å². The number of rotatable bonds is 3. The van der Waals surface area contributed by atoms with Crippen LogP contribution in [0.15, 0.2) is 53.3 Å². The molecular weight excluding hydrogens is 326 g/mol. The second-order valence-electron chi connectivity index (χ2n) is 5.70. The van der Waals surface area contributed by atoms with Crippen molar-refractivity contribution in [3.8, 4) is 0 Å². The van der Waals surface area contributed by atoms with E-state index in [2.05, 4.69) is 10.4 Å². The minimum Gasteiger partial charge on any atom is -0.321 e. The Labute approximate surface area is 143 Å². The summed E-state index contributed by atoms with van der Waals surface area (Å²) in [6.07, 6.45) is 0. The quantitative estimate of drug-likeness (QED) is 0.786. The smallest absolute Gasteiger partial charge is 0.276 e. The van der Waals surface area contributed by atoms with Crippen LogP contribution in [-0.2, 0) is 0 Å². The number of anilines is 1. The first kappa shape index (κ1) is 16.2. The number of fused-ring (bicyclic) bond motifs is 1. The molecule has 3 rings (SSSR count). The summed E-state index contributed by atoms with van der Waals surface area (Å²) < 4.78 is 1.33. The van der Waals surface area contributed by atoms with E-state index in [4.69, 9.17) is 11.6 Å². The largest absolute Gasteiger partial charge is 0.321 e. The third-order valence-corrected chi connectivity index (χ3v) is 3.89. The number of halogens is 1. The zero-order valence-electron chi connectivity index (χ0n) is 13.3. The van der Waals surface area contributed by atoms with Gasteiger partial charge in [0.25, 0.3) is 11.5 Å². The van der Waals surface area contributed by atoms with Gasteiger partial charge in [0.15, 0.2) is 5.69 Å². The van der Waals surface area contributed by atoms with Crippen molar-refractivity contribution in [2.75, 3.05) is 5.32 Å². The normalized spacial score (nSPS) is 11.0. The summed E-state index contributed by atoms with van der Waals surface area (Å²) in [5.74, 6) is -0.372. The molecule has 1 heterocycles. The van der Waals surface area contributed by atoms with Gasteiger partial charge < -0.3 is 5.32 Å². The number of hydrogen-bond acceptors (Lipinski definition) is 3. The molecule has 1 N–H and O–H groups in total. The molecule has 0 saturated carbocycles.